The molecule has 0 saturated heterocycles. The van der Waals surface area contributed by atoms with Crippen molar-refractivity contribution >= 4 is 0 Å². The first kappa shape index (κ1) is 13.5. The zero-order chi connectivity index (χ0) is 13.7. The fraction of sp³-hybridized carbons (Fsp3) is 0.333. The molecule has 100 valence electrons. The molecule has 4 nitrogen and oxygen atoms in total. The van der Waals surface area contributed by atoms with Crippen molar-refractivity contribution in [3.8, 4) is 5.75 Å². The first-order chi connectivity index (χ1) is 9.22. The van der Waals surface area contributed by atoms with Gasteiger partial charge in [-0.15, -0.1) is 0 Å². The Balaban J connectivity index is 2.27. The summed E-state index contributed by atoms with van der Waals surface area (Å²) in [5.41, 5.74) is 8.17. The molecule has 1 aromatic heterocycles. The topological polar surface area (TPSA) is 61.0 Å². The van der Waals surface area contributed by atoms with Gasteiger partial charge in [0.2, 0.25) is 0 Å². The second-order valence-corrected chi connectivity index (χ2v) is 4.48. The number of ether oxygens (including phenoxy) is 1. The van der Waals surface area contributed by atoms with Gasteiger partial charge in [-0.05, 0) is 25.0 Å². The number of rotatable bonds is 5. The van der Waals surface area contributed by atoms with Crippen LogP contribution in [0, 0.1) is 6.92 Å². The number of aromatic nitrogens is 2. The molecule has 0 radical (unpaired) electrons. The largest absolute Gasteiger partial charge is 0.493 e. The maximum atomic E-state index is 6.23. The lowest BCUT2D eigenvalue weighted by Gasteiger charge is -2.15. The highest BCUT2D eigenvalue weighted by molar-refractivity contribution is 5.38. The second-order valence-electron chi connectivity index (χ2n) is 4.48. The lowest BCUT2D eigenvalue weighted by molar-refractivity contribution is 0.313. The highest BCUT2D eigenvalue weighted by Gasteiger charge is 2.16. The smallest absolute Gasteiger partial charge is 0.149 e. The van der Waals surface area contributed by atoms with Crippen LogP contribution in [0.1, 0.15) is 36.3 Å². The summed E-state index contributed by atoms with van der Waals surface area (Å²) in [5, 5.41) is 0. The van der Waals surface area contributed by atoms with Crippen LogP contribution in [-0.4, -0.2) is 16.6 Å². The highest BCUT2D eigenvalue weighted by Crippen LogP contribution is 2.26. The molecule has 1 heterocycles. The molecule has 0 aliphatic carbocycles. The molecule has 0 spiro atoms. The second kappa shape index (κ2) is 6.29. The monoisotopic (exact) mass is 257 g/mol. The minimum atomic E-state index is -0.367. The SMILES string of the molecule is CCCOc1ccccc1C(N)c1ncc(C)cn1. The minimum absolute atomic E-state index is 0.367. The summed E-state index contributed by atoms with van der Waals surface area (Å²) in [6.45, 7) is 4.71. The van der Waals surface area contributed by atoms with E-state index in [9.17, 15) is 0 Å². The number of hydrogen-bond donors (Lipinski definition) is 1. The first-order valence-corrected chi connectivity index (χ1v) is 6.48. The molecule has 1 atom stereocenters. The maximum absolute atomic E-state index is 6.23. The van der Waals surface area contributed by atoms with Crippen LogP contribution >= 0.6 is 0 Å². The number of nitrogens with zero attached hydrogens (tertiary/aromatic N) is 2. The van der Waals surface area contributed by atoms with Crippen LogP contribution < -0.4 is 10.5 Å². The van der Waals surface area contributed by atoms with E-state index in [-0.39, 0.29) is 6.04 Å². The van der Waals surface area contributed by atoms with Crippen LogP contribution in [0.5, 0.6) is 5.75 Å². The van der Waals surface area contributed by atoms with E-state index in [2.05, 4.69) is 16.9 Å². The van der Waals surface area contributed by atoms with E-state index in [1.54, 1.807) is 12.4 Å². The quantitative estimate of drug-likeness (QED) is 0.894. The molecule has 2 aromatic rings. The van der Waals surface area contributed by atoms with Crippen LogP contribution in [-0.2, 0) is 0 Å². The Bertz CT molecular complexity index is 525. The van der Waals surface area contributed by atoms with E-state index >= 15 is 0 Å². The third-order valence-corrected chi connectivity index (χ3v) is 2.79. The number of para-hydroxylation sites is 1. The van der Waals surface area contributed by atoms with Gasteiger partial charge in [-0.25, -0.2) is 9.97 Å². The van der Waals surface area contributed by atoms with Gasteiger partial charge in [0, 0.05) is 18.0 Å². The van der Waals surface area contributed by atoms with Crippen LogP contribution in [0.4, 0.5) is 0 Å². The zero-order valence-electron chi connectivity index (χ0n) is 11.3. The molecule has 0 saturated carbocycles. The Morgan fingerprint density at radius 2 is 1.89 bits per heavy atom. The summed E-state index contributed by atoms with van der Waals surface area (Å²) in [6, 6.07) is 7.41. The normalized spacial score (nSPS) is 12.2. The van der Waals surface area contributed by atoms with Gasteiger partial charge in [0.15, 0.2) is 0 Å². The summed E-state index contributed by atoms with van der Waals surface area (Å²) in [5.74, 6) is 1.42. The predicted octanol–water partition coefficient (Wildman–Crippen LogP) is 2.62. The van der Waals surface area contributed by atoms with Crippen LogP contribution in [0.25, 0.3) is 0 Å². The Kier molecular flexibility index (Phi) is 4.47. The summed E-state index contributed by atoms with van der Waals surface area (Å²) in [7, 11) is 0. The molecule has 4 heteroatoms. The molecule has 0 fully saturated rings. The van der Waals surface area contributed by atoms with E-state index in [0.717, 1.165) is 23.3 Å². The van der Waals surface area contributed by atoms with Gasteiger partial charge in [0.25, 0.3) is 0 Å². The summed E-state index contributed by atoms with van der Waals surface area (Å²) < 4.78 is 5.72. The van der Waals surface area contributed by atoms with Gasteiger partial charge in [-0.1, -0.05) is 25.1 Å². The van der Waals surface area contributed by atoms with Crippen molar-refractivity contribution in [1.82, 2.24) is 9.97 Å². The van der Waals surface area contributed by atoms with Gasteiger partial charge >= 0.3 is 0 Å². The molecule has 19 heavy (non-hydrogen) atoms. The average Bonchev–Trinajstić information content (AvgIpc) is 2.45. The van der Waals surface area contributed by atoms with E-state index in [1.807, 2.05) is 31.2 Å². The van der Waals surface area contributed by atoms with Crippen molar-refractivity contribution in [2.75, 3.05) is 6.61 Å². The number of hydrogen-bond acceptors (Lipinski definition) is 4. The summed E-state index contributed by atoms with van der Waals surface area (Å²) in [4.78, 5) is 8.57. The van der Waals surface area contributed by atoms with Crippen molar-refractivity contribution in [2.45, 2.75) is 26.3 Å². The third-order valence-electron chi connectivity index (χ3n) is 2.79. The molecule has 0 amide bonds. The number of aryl methyl sites for hydroxylation is 1. The van der Waals surface area contributed by atoms with Crippen molar-refractivity contribution in [1.29, 1.82) is 0 Å². The number of benzene rings is 1. The van der Waals surface area contributed by atoms with Crippen LogP contribution in [0.15, 0.2) is 36.7 Å². The van der Waals surface area contributed by atoms with E-state index < -0.39 is 0 Å². The van der Waals surface area contributed by atoms with Crippen LogP contribution in [0.3, 0.4) is 0 Å². The third kappa shape index (κ3) is 3.29. The van der Waals surface area contributed by atoms with Gasteiger partial charge in [0.05, 0.1) is 12.6 Å². The van der Waals surface area contributed by atoms with Crippen molar-refractivity contribution in [2.24, 2.45) is 5.73 Å². The predicted molar refractivity (Wildman–Crippen MR) is 75.0 cm³/mol. The Morgan fingerprint density at radius 1 is 1.21 bits per heavy atom. The van der Waals surface area contributed by atoms with Gasteiger partial charge in [-0.3, -0.25) is 0 Å². The minimum Gasteiger partial charge on any atom is -0.493 e. The maximum Gasteiger partial charge on any atom is 0.149 e. The standard InChI is InChI=1S/C15H19N3O/c1-3-8-19-13-7-5-4-6-12(13)14(16)15-17-9-11(2)10-18-15/h4-7,9-10,14H,3,8,16H2,1-2H3. The Labute approximate surface area is 113 Å². The van der Waals surface area contributed by atoms with Crippen molar-refractivity contribution in [3.05, 3.63) is 53.6 Å². The average molecular weight is 257 g/mol. The Morgan fingerprint density at radius 3 is 2.58 bits per heavy atom. The van der Waals surface area contributed by atoms with E-state index in [4.69, 9.17) is 10.5 Å². The lowest BCUT2D eigenvalue weighted by atomic mass is 10.1. The van der Waals surface area contributed by atoms with Gasteiger partial charge in [0.1, 0.15) is 11.6 Å². The van der Waals surface area contributed by atoms with Crippen LogP contribution in [0.2, 0.25) is 0 Å². The fourth-order valence-corrected chi connectivity index (χ4v) is 1.78. The van der Waals surface area contributed by atoms with Gasteiger partial charge < -0.3 is 10.5 Å². The molecule has 0 aliphatic heterocycles. The van der Waals surface area contributed by atoms with Crippen molar-refractivity contribution in [3.63, 3.8) is 0 Å². The molecular weight excluding hydrogens is 238 g/mol. The Hall–Kier alpha value is -1.94. The van der Waals surface area contributed by atoms with E-state index in [0.29, 0.717) is 12.4 Å². The molecule has 0 aliphatic rings. The molecule has 2 rings (SSSR count). The molecule has 1 unspecified atom stereocenters. The first-order valence-electron chi connectivity index (χ1n) is 6.48. The molecule has 1 aromatic carbocycles. The molecule has 2 N–H and O–H groups in total. The van der Waals surface area contributed by atoms with E-state index in [1.165, 1.54) is 0 Å². The summed E-state index contributed by atoms with van der Waals surface area (Å²) in [6.07, 6.45) is 4.51. The summed E-state index contributed by atoms with van der Waals surface area (Å²) >= 11 is 0. The number of nitrogens with two attached hydrogens (primary N) is 1. The fourth-order valence-electron chi connectivity index (χ4n) is 1.78. The zero-order valence-corrected chi connectivity index (χ0v) is 11.3. The van der Waals surface area contributed by atoms with Gasteiger partial charge in [-0.2, -0.15) is 0 Å². The van der Waals surface area contributed by atoms with Crippen molar-refractivity contribution < 1.29 is 4.74 Å². The molecular formula is C15H19N3O. The lowest BCUT2D eigenvalue weighted by Crippen LogP contribution is -2.16. The highest BCUT2D eigenvalue weighted by atomic mass is 16.5. The molecule has 0 bridgehead atoms.